The van der Waals surface area contributed by atoms with E-state index in [-0.39, 0.29) is 24.1 Å². The summed E-state index contributed by atoms with van der Waals surface area (Å²) in [5, 5.41) is 8.40. The lowest BCUT2D eigenvalue weighted by molar-refractivity contribution is -0.124. The zero-order valence-electron chi connectivity index (χ0n) is 24.2. The third kappa shape index (κ3) is 6.33. The molecule has 0 atom stereocenters. The van der Waals surface area contributed by atoms with Crippen LogP contribution in [0.5, 0.6) is 5.75 Å². The van der Waals surface area contributed by atoms with Gasteiger partial charge in [-0.05, 0) is 68.7 Å². The summed E-state index contributed by atoms with van der Waals surface area (Å²) < 4.78 is 9.08. The van der Waals surface area contributed by atoms with Crippen LogP contribution in [0.15, 0.2) is 83.8 Å². The van der Waals surface area contributed by atoms with Gasteiger partial charge >= 0.3 is 0 Å². The van der Waals surface area contributed by atoms with Crippen molar-refractivity contribution in [3.63, 3.8) is 0 Å². The van der Waals surface area contributed by atoms with Gasteiger partial charge in [-0.15, -0.1) is 0 Å². The topological polar surface area (TPSA) is 93.8 Å². The molecule has 220 valence electrons. The van der Waals surface area contributed by atoms with Crippen molar-refractivity contribution in [1.29, 1.82) is 0 Å². The Kier molecular flexibility index (Phi) is 8.26. The number of carbonyl (C=O) groups is 1. The molecule has 3 aromatic heterocycles. The van der Waals surface area contributed by atoms with Crippen molar-refractivity contribution < 1.29 is 9.53 Å². The molecule has 0 saturated carbocycles. The number of likely N-dealkylation sites (tertiary alicyclic amines) is 1. The molecular weight excluding hydrogens is 564 g/mol. The summed E-state index contributed by atoms with van der Waals surface area (Å²) in [7, 11) is 0. The summed E-state index contributed by atoms with van der Waals surface area (Å²) in [5.74, 6) is 0.170. The first-order chi connectivity index (χ1) is 20.9. The molecule has 0 unspecified atom stereocenters. The van der Waals surface area contributed by atoms with Crippen LogP contribution in [-0.2, 0) is 11.3 Å². The number of amides is 1. The van der Waals surface area contributed by atoms with Crippen LogP contribution in [0.3, 0.4) is 0 Å². The number of pyridine rings is 1. The molecule has 1 aliphatic heterocycles. The number of nitrogens with one attached hydrogen (secondary N) is 1. The van der Waals surface area contributed by atoms with Gasteiger partial charge < -0.3 is 10.1 Å². The van der Waals surface area contributed by atoms with E-state index in [1.165, 1.54) is 9.96 Å². The van der Waals surface area contributed by atoms with E-state index in [1.54, 1.807) is 36.0 Å². The van der Waals surface area contributed by atoms with Crippen LogP contribution in [0.25, 0.3) is 22.6 Å². The molecule has 1 amide bonds. The van der Waals surface area contributed by atoms with E-state index in [0.717, 1.165) is 43.9 Å². The SMILES string of the molecule is Cc1nc2c(OCC(=O)NC3CCN(Cc4ccccc4)CC3)cccn2c(=O)c1-c1cc(C)n(-c2cccc(Cl)c2)n1. The second kappa shape index (κ2) is 12.4. The lowest BCUT2D eigenvalue weighted by Gasteiger charge is -2.32. The van der Waals surface area contributed by atoms with E-state index in [2.05, 4.69) is 34.5 Å². The van der Waals surface area contributed by atoms with Gasteiger partial charge in [-0.3, -0.25) is 18.9 Å². The second-order valence-electron chi connectivity index (χ2n) is 10.9. The standard InChI is InChI=1S/C33H33ClN6O3/c1-22-18-28(37-40(22)27-11-6-10-25(34)19-27)31-23(2)35-32-29(12-7-15-39(32)33(31)42)43-21-30(41)36-26-13-16-38(17-14-26)20-24-8-4-3-5-9-24/h3-12,15,18-19,26H,13-14,16-17,20-21H2,1-2H3,(H,36,41). The minimum absolute atomic E-state index is 0.108. The summed E-state index contributed by atoms with van der Waals surface area (Å²) in [6.07, 6.45) is 3.42. The van der Waals surface area contributed by atoms with Gasteiger partial charge in [0.1, 0.15) is 5.69 Å². The number of aromatic nitrogens is 4. The molecule has 1 N–H and O–H groups in total. The molecule has 5 aromatic rings. The van der Waals surface area contributed by atoms with E-state index >= 15 is 0 Å². The third-order valence-corrected chi connectivity index (χ3v) is 7.99. The predicted molar refractivity (Wildman–Crippen MR) is 167 cm³/mol. The van der Waals surface area contributed by atoms with E-state index in [4.69, 9.17) is 26.4 Å². The monoisotopic (exact) mass is 596 g/mol. The maximum atomic E-state index is 13.7. The molecule has 1 fully saturated rings. The van der Waals surface area contributed by atoms with Crippen LogP contribution >= 0.6 is 11.6 Å². The highest BCUT2D eigenvalue weighted by Crippen LogP contribution is 2.25. The summed E-state index contributed by atoms with van der Waals surface area (Å²) in [6.45, 7) is 6.30. The minimum Gasteiger partial charge on any atom is -0.480 e. The molecule has 1 aliphatic rings. The number of hydrogen-bond acceptors (Lipinski definition) is 6. The van der Waals surface area contributed by atoms with Gasteiger partial charge in [0.15, 0.2) is 18.0 Å². The molecule has 6 rings (SSSR count). The van der Waals surface area contributed by atoms with Gasteiger partial charge in [0.25, 0.3) is 11.5 Å². The van der Waals surface area contributed by atoms with E-state index < -0.39 is 0 Å². The van der Waals surface area contributed by atoms with Crippen molar-refractivity contribution in [1.82, 2.24) is 29.4 Å². The predicted octanol–water partition coefficient (Wildman–Crippen LogP) is 4.98. The number of halogens is 1. The number of fused-ring (bicyclic) bond motifs is 1. The largest absolute Gasteiger partial charge is 0.480 e. The molecule has 43 heavy (non-hydrogen) atoms. The highest BCUT2D eigenvalue weighted by atomic mass is 35.5. The first-order valence-corrected chi connectivity index (χ1v) is 14.8. The van der Waals surface area contributed by atoms with Gasteiger partial charge in [0.05, 0.1) is 16.9 Å². The number of rotatable bonds is 8. The minimum atomic E-state index is -0.268. The lowest BCUT2D eigenvalue weighted by atomic mass is 10.0. The number of aryl methyl sites for hydroxylation is 2. The molecule has 1 saturated heterocycles. The van der Waals surface area contributed by atoms with Gasteiger partial charge in [-0.1, -0.05) is 48.0 Å². The Morgan fingerprint density at radius 2 is 1.81 bits per heavy atom. The summed E-state index contributed by atoms with van der Waals surface area (Å²) in [6, 6.07) is 23.2. The molecule has 0 bridgehead atoms. The van der Waals surface area contributed by atoms with Gasteiger partial charge in [-0.2, -0.15) is 5.10 Å². The number of ether oxygens (including phenoxy) is 1. The van der Waals surface area contributed by atoms with Crippen molar-refractivity contribution in [2.24, 2.45) is 0 Å². The molecule has 0 radical (unpaired) electrons. The average molecular weight is 597 g/mol. The molecular formula is C33H33ClN6O3. The highest BCUT2D eigenvalue weighted by Gasteiger charge is 2.22. The Morgan fingerprint density at radius 3 is 2.58 bits per heavy atom. The average Bonchev–Trinajstić information content (AvgIpc) is 3.38. The second-order valence-corrected chi connectivity index (χ2v) is 11.3. The van der Waals surface area contributed by atoms with Crippen LogP contribution in [0.4, 0.5) is 0 Å². The van der Waals surface area contributed by atoms with Crippen molar-refractivity contribution in [2.45, 2.75) is 39.3 Å². The number of carbonyl (C=O) groups excluding carboxylic acids is 1. The molecule has 2 aromatic carbocycles. The first kappa shape index (κ1) is 28.6. The Balaban J connectivity index is 1.13. The number of piperidine rings is 1. The summed E-state index contributed by atoms with van der Waals surface area (Å²) in [5.41, 5.74) is 4.46. The number of hydrogen-bond donors (Lipinski definition) is 1. The van der Waals surface area contributed by atoms with Gasteiger partial charge in [-0.25, -0.2) is 9.67 Å². The molecule has 0 aliphatic carbocycles. The summed E-state index contributed by atoms with van der Waals surface area (Å²) >= 11 is 6.18. The Bertz CT molecular complexity index is 1830. The number of benzene rings is 2. The Labute approximate surface area is 254 Å². The van der Waals surface area contributed by atoms with Crippen LogP contribution < -0.4 is 15.6 Å². The smallest absolute Gasteiger partial charge is 0.267 e. The van der Waals surface area contributed by atoms with Crippen LogP contribution in [0.1, 0.15) is 29.8 Å². The molecule has 4 heterocycles. The summed E-state index contributed by atoms with van der Waals surface area (Å²) in [4.78, 5) is 33.6. The van der Waals surface area contributed by atoms with Crippen LogP contribution in [-0.4, -0.2) is 55.7 Å². The lowest BCUT2D eigenvalue weighted by Crippen LogP contribution is -2.45. The Hall–Kier alpha value is -4.47. The maximum absolute atomic E-state index is 13.7. The zero-order chi connectivity index (χ0) is 29.9. The fourth-order valence-electron chi connectivity index (χ4n) is 5.61. The van der Waals surface area contributed by atoms with E-state index in [0.29, 0.717) is 33.4 Å². The van der Waals surface area contributed by atoms with Crippen molar-refractivity contribution in [3.05, 3.63) is 111 Å². The van der Waals surface area contributed by atoms with Gasteiger partial charge in [0.2, 0.25) is 0 Å². The van der Waals surface area contributed by atoms with Crippen LogP contribution in [0.2, 0.25) is 5.02 Å². The number of nitrogens with zero attached hydrogens (tertiary/aromatic N) is 5. The first-order valence-electron chi connectivity index (χ1n) is 14.4. The molecule has 9 nitrogen and oxygen atoms in total. The van der Waals surface area contributed by atoms with Crippen LogP contribution in [0, 0.1) is 13.8 Å². The fraction of sp³-hybridized carbons (Fsp3) is 0.273. The Morgan fingerprint density at radius 1 is 1.02 bits per heavy atom. The van der Waals surface area contributed by atoms with Crippen molar-refractivity contribution in [2.75, 3.05) is 19.7 Å². The fourth-order valence-corrected chi connectivity index (χ4v) is 5.79. The molecule has 0 spiro atoms. The molecule has 10 heteroatoms. The van der Waals surface area contributed by atoms with Crippen molar-refractivity contribution in [3.8, 4) is 22.7 Å². The van der Waals surface area contributed by atoms with E-state index in [9.17, 15) is 9.59 Å². The van der Waals surface area contributed by atoms with Crippen molar-refractivity contribution >= 4 is 23.2 Å². The highest BCUT2D eigenvalue weighted by molar-refractivity contribution is 6.30. The van der Waals surface area contributed by atoms with Gasteiger partial charge in [0, 0.05) is 42.6 Å². The normalized spacial score (nSPS) is 14.2. The maximum Gasteiger partial charge on any atom is 0.267 e. The third-order valence-electron chi connectivity index (χ3n) is 7.76. The van der Waals surface area contributed by atoms with E-state index in [1.807, 2.05) is 37.3 Å². The quantitative estimate of drug-likeness (QED) is 0.272. The zero-order valence-corrected chi connectivity index (χ0v) is 24.9.